The Morgan fingerprint density at radius 3 is 1.81 bits per heavy atom. The Labute approximate surface area is 335 Å². The summed E-state index contributed by atoms with van der Waals surface area (Å²) < 4.78 is 4.92. The topological polar surface area (TPSA) is 9.86 Å². The molecular weight excluding hydrogens is 701 g/mol. The second-order valence-corrected chi connectivity index (χ2v) is 15.7. The van der Waals surface area contributed by atoms with E-state index in [0.717, 1.165) is 0 Å². The number of rotatable bonds is 4. The van der Waals surface area contributed by atoms with Crippen molar-refractivity contribution in [3.8, 4) is 55.9 Å². The fourth-order valence-corrected chi connectivity index (χ4v) is 10.1. The highest BCUT2D eigenvalue weighted by Gasteiger charge is 2.23. The molecule has 0 unspecified atom stereocenters. The van der Waals surface area contributed by atoms with Crippen LogP contribution >= 0.6 is 0 Å². The average molecular weight is 735 g/mol. The van der Waals surface area contributed by atoms with Gasteiger partial charge in [0.2, 0.25) is 0 Å². The lowest BCUT2D eigenvalue weighted by atomic mass is 9.96. The van der Waals surface area contributed by atoms with Crippen molar-refractivity contribution in [2.45, 2.75) is 0 Å². The molecule has 0 saturated carbocycles. The Kier molecular flexibility index (Phi) is 6.47. The maximum Gasteiger partial charge on any atom is 0.0619 e. The number of hydrogen-bond acceptors (Lipinski definition) is 0. The first-order chi connectivity index (χ1) is 28.8. The Hall–Kier alpha value is -7.68. The van der Waals surface area contributed by atoms with Gasteiger partial charge < -0.3 is 9.13 Å². The van der Waals surface area contributed by atoms with E-state index in [0.29, 0.717) is 0 Å². The van der Waals surface area contributed by atoms with E-state index >= 15 is 0 Å². The summed E-state index contributed by atoms with van der Waals surface area (Å²) in [5, 5.41) is 10.2. The van der Waals surface area contributed by atoms with Gasteiger partial charge in [-0.3, -0.25) is 0 Å². The second-order valence-electron chi connectivity index (χ2n) is 15.7. The van der Waals surface area contributed by atoms with Crippen LogP contribution in [0.3, 0.4) is 0 Å². The largest absolute Gasteiger partial charge is 0.309 e. The molecule has 0 N–H and O–H groups in total. The Morgan fingerprint density at radius 1 is 0.276 bits per heavy atom. The third-order valence-electron chi connectivity index (χ3n) is 12.6. The van der Waals surface area contributed by atoms with Crippen LogP contribution in [0, 0.1) is 0 Å². The van der Waals surface area contributed by atoms with Crippen molar-refractivity contribution in [3.05, 3.63) is 206 Å². The van der Waals surface area contributed by atoms with E-state index in [1.165, 1.54) is 121 Å². The minimum Gasteiger partial charge on any atom is -0.309 e. The van der Waals surface area contributed by atoms with Gasteiger partial charge in [0.1, 0.15) is 0 Å². The van der Waals surface area contributed by atoms with Crippen molar-refractivity contribution in [2.75, 3.05) is 0 Å². The van der Waals surface area contributed by atoms with E-state index in [-0.39, 0.29) is 0 Å². The molecule has 1 aliphatic rings. The molecule has 2 heteroatoms. The fourth-order valence-electron chi connectivity index (χ4n) is 10.1. The number of para-hydroxylation sites is 3. The SMILES string of the molecule is c1ccc(-n2c3ccccc3c3ccc(-c4ccc5c(c4)c4ccc6ccccc6c4n5-c4ccccc4-c4ccc5c(c4)-c4cccc6cccc-5c46)cc32)cc1. The van der Waals surface area contributed by atoms with Crippen molar-refractivity contribution in [1.82, 2.24) is 9.13 Å². The molecule has 0 spiro atoms. The summed E-state index contributed by atoms with van der Waals surface area (Å²) in [6, 6.07) is 76.3. The van der Waals surface area contributed by atoms with Crippen LogP contribution in [0.1, 0.15) is 0 Å². The maximum absolute atomic E-state index is 2.52. The predicted molar refractivity (Wildman–Crippen MR) is 245 cm³/mol. The lowest BCUT2D eigenvalue weighted by Gasteiger charge is -2.16. The molecule has 0 atom stereocenters. The minimum atomic E-state index is 1.17. The first-order valence-corrected chi connectivity index (χ1v) is 20.1. The number of fused-ring (bicyclic) bond motifs is 11. The van der Waals surface area contributed by atoms with Crippen LogP contribution in [-0.4, -0.2) is 9.13 Å². The molecule has 0 radical (unpaired) electrons. The van der Waals surface area contributed by atoms with E-state index in [1.807, 2.05) is 0 Å². The zero-order chi connectivity index (χ0) is 37.9. The molecule has 2 nitrogen and oxygen atoms in total. The highest BCUT2D eigenvalue weighted by atomic mass is 15.0. The third kappa shape index (κ3) is 4.37. The van der Waals surface area contributed by atoms with Gasteiger partial charge in [-0.25, -0.2) is 0 Å². The molecule has 2 aromatic heterocycles. The lowest BCUT2D eigenvalue weighted by Crippen LogP contribution is -1.98. The van der Waals surface area contributed by atoms with Gasteiger partial charge in [-0.15, -0.1) is 0 Å². The summed E-state index contributed by atoms with van der Waals surface area (Å²) in [6.45, 7) is 0. The highest BCUT2D eigenvalue weighted by Crippen LogP contribution is 2.49. The molecule has 1 aliphatic carbocycles. The fraction of sp³-hybridized carbons (Fsp3) is 0. The number of hydrogen-bond donors (Lipinski definition) is 0. The molecule has 10 aromatic carbocycles. The van der Waals surface area contributed by atoms with E-state index < -0.39 is 0 Å². The van der Waals surface area contributed by atoms with Crippen molar-refractivity contribution in [1.29, 1.82) is 0 Å². The van der Waals surface area contributed by atoms with E-state index in [1.54, 1.807) is 0 Å². The molecule has 13 rings (SSSR count). The van der Waals surface area contributed by atoms with Gasteiger partial charge in [-0.2, -0.15) is 0 Å². The summed E-state index contributed by atoms with van der Waals surface area (Å²) in [7, 11) is 0. The summed E-state index contributed by atoms with van der Waals surface area (Å²) in [5.41, 5.74) is 17.3. The van der Waals surface area contributed by atoms with Crippen LogP contribution in [0.25, 0.3) is 121 Å². The van der Waals surface area contributed by atoms with Crippen LogP contribution in [-0.2, 0) is 0 Å². The summed E-state index contributed by atoms with van der Waals surface area (Å²) in [6.07, 6.45) is 0. The van der Waals surface area contributed by atoms with Gasteiger partial charge in [0, 0.05) is 38.2 Å². The van der Waals surface area contributed by atoms with Gasteiger partial charge in [0.25, 0.3) is 0 Å². The van der Waals surface area contributed by atoms with Gasteiger partial charge >= 0.3 is 0 Å². The van der Waals surface area contributed by atoms with Crippen LogP contribution in [0.15, 0.2) is 206 Å². The molecule has 12 aromatic rings. The lowest BCUT2D eigenvalue weighted by molar-refractivity contribution is 1.18. The summed E-state index contributed by atoms with van der Waals surface area (Å²) in [4.78, 5) is 0. The average Bonchev–Trinajstić information content (AvgIpc) is 3.93. The minimum absolute atomic E-state index is 1.17. The monoisotopic (exact) mass is 734 g/mol. The van der Waals surface area contributed by atoms with Crippen molar-refractivity contribution in [3.63, 3.8) is 0 Å². The van der Waals surface area contributed by atoms with Crippen LogP contribution in [0.2, 0.25) is 0 Å². The number of aromatic nitrogens is 2. The molecule has 58 heavy (non-hydrogen) atoms. The zero-order valence-electron chi connectivity index (χ0n) is 31.5. The maximum atomic E-state index is 2.52. The van der Waals surface area contributed by atoms with Gasteiger partial charge in [-0.05, 0) is 104 Å². The summed E-state index contributed by atoms with van der Waals surface area (Å²) in [5.74, 6) is 0. The van der Waals surface area contributed by atoms with E-state index in [9.17, 15) is 0 Å². The van der Waals surface area contributed by atoms with Gasteiger partial charge in [0.05, 0.1) is 27.8 Å². The van der Waals surface area contributed by atoms with Crippen LogP contribution in [0.5, 0.6) is 0 Å². The van der Waals surface area contributed by atoms with E-state index in [2.05, 4.69) is 215 Å². The van der Waals surface area contributed by atoms with Gasteiger partial charge in [-0.1, -0.05) is 158 Å². The smallest absolute Gasteiger partial charge is 0.0619 e. The quantitative estimate of drug-likeness (QED) is 0.170. The molecule has 0 amide bonds. The normalized spacial score (nSPS) is 12.1. The third-order valence-corrected chi connectivity index (χ3v) is 12.6. The van der Waals surface area contributed by atoms with Crippen molar-refractivity contribution in [2.24, 2.45) is 0 Å². The molecule has 0 saturated heterocycles. The number of benzene rings is 10. The molecule has 0 fully saturated rings. The molecule has 0 aliphatic heterocycles. The Morgan fingerprint density at radius 2 is 0.914 bits per heavy atom. The van der Waals surface area contributed by atoms with Crippen molar-refractivity contribution >= 4 is 65.2 Å². The predicted octanol–water partition coefficient (Wildman–Crippen LogP) is 15.2. The Balaban J connectivity index is 1.04. The molecule has 2 heterocycles. The molecule has 0 bridgehead atoms. The molecular formula is C56H34N2. The summed E-state index contributed by atoms with van der Waals surface area (Å²) >= 11 is 0. The van der Waals surface area contributed by atoms with Crippen LogP contribution in [0.4, 0.5) is 0 Å². The van der Waals surface area contributed by atoms with Crippen molar-refractivity contribution < 1.29 is 0 Å². The second kappa shape index (κ2) is 11.9. The van der Waals surface area contributed by atoms with Gasteiger partial charge in [0.15, 0.2) is 0 Å². The highest BCUT2D eigenvalue weighted by molar-refractivity contribution is 6.20. The zero-order valence-corrected chi connectivity index (χ0v) is 31.5. The van der Waals surface area contributed by atoms with E-state index in [4.69, 9.17) is 0 Å². The number of nitrogens with zero attached hydrogens (tertiary/aromatic N) is 2. The Bertz CT molecular complexity index is 3670. The first kappa shape index (κ1) is 31.5. The van der Waals surface area contributed by atoms with Crippen LogP contribution < -0.4 is 0 Å². The first-order valence-electron chi connectivity index (χ1n) is 20.1. The standard InChI is InChI=1S/C56H34N2/c1-2-15-40(16-3-1)57-52-23-9-7-19-44(52)45-29-25-38(34-54(45)57)37-27-31-53-50(32-37)48-30-24-35-12-4-5-18-42(35)56(48)58(53)51-22-8-6-17-41(51)39-26-28-43-46-20-10-13-36-14-11-21-47(55(36)46)49(43)33-39/h1-34H. The molecule has 268 valence electrons.